The monoisotopic (exact) mass is 286 g/mol. The first kappa shape index (κ1) is 15.9. The van der Waals surface area contributed by atoms with Crippen molar-refractivity contribution in [2.24, 2.45) is 11.1 Å². The fourth-order valence-electron chi connectivity index (χ4n) is 1.89. The predicted octanol–water partition coefficient (Wildman–Crippen LogP) is 3.57. The molecule has 1 aromatic rings. The molecule has 1 unspecified atom stereocenters. The summed E-state index contributed by atoms with van der Waals surface area (Å²) in [5.74, 6) is -0.844. The maximum Gasteiger partial charge on any atom is 0.226 e. The van der Waals surface area contributed by atoms with Crippen LogP contribution in [0.25, 0.3) is 0 Å². The molecular formula is C14H20ClFN2O. The van der Waals surface area contributed by atoms with E-state index in [1.54, 1.807) is 0 Å². The van der Waals surface area contributed by atoms with Crippen molar-refractivity contribution in [1.29, 1.82) is 0 Å². The molecule has 0 bridgehead atoms. The van der Waals surface area contributed by atoms with E-state index in [9.17, 15) is 9.18 Å². The smallest absolute Gasteiger partial charge is 0.226 e. The third-order valence-electron chi connectivity index (χ3n) is 2.53. The summed E-state index contributed by atoms with van der Waals surface area (Å²) in [6.07, 6.45) is 0.892. The van der Waals surface area contributed by atoms with Gasteiger partial charge in [0.05, 0.1) is 5.69 Å². The SMILES string of the molecule is CC(C)(C)CC(N)CC(=O)Nc1ccc(Cl)cc1F. The summed E-state index contributed by atoms with van der Waals surface area (Å²) in [5.41, 5.74) is 6.08. The fraction of sp³-hybridized carbons (Fsp3) is 0.500. The van der Waals surface area contributed by atoms with Crippen molar-refractivity contribution in [3.63, 3.8) is 0 Å². The van der Waals surface area contributed by atoms with Gasteiger partial charge in [-0.1, -0.05) is 32.4 Å². The standard InChI is InChI=1S/C14H20ClFN2O/c1-14(2,3)8-10(17)7-13(19)18-12-5-4-9(15)6-11(12)16/h4-6,10H,7-8,17H2,1-3H3,(H,18,19). The average Bonchev–Trinajstić information content (AvgIpc) is 2.19. The van der Waals surface area contributed by atoms with Crippen LogP contribution in [0.3, 0.4) is 0 Å². The van der Waals surface area contributed by atoms with Crippen LogP contribution in [0.4, 0.5) is 10.1 Å². The van der Waals surface area contributed by atoms with Gasteiger partial charge in [-0.05, 0) is 30.0 Å². The highest BCUT2D eigenvalue weighted by Gasteiger charge is 2.18. The second kappa shape index (κ2) is 6.35. The van der Waals surface area contributed by atoms with E-state index >= 15 is 0 Å². The van der Waals surface area contributed by atoms with E-state index in [2.05, 4.69) is 26.1 Å². The summed E-state index contributed by atoms with van der Waals surface area (Å²) in [4.78, 5) is 11.8. The Morgan fingerprint density at radius 3 is 2.63 bits per heavy atom. The zero-order valence-corrected chi connectivity index (χ0v) is 12.2. The van der Waals surface area contributed by atoms with E-state index in [-0.39, 0.29) is 29.5 Å². The molecule has 1 atom stereocenters. The third-order valence-corrected chi connectivity index (χ3v) is 2.76. The molecule has 106 valence electrons. The van der Waals surface area contributed by atoms with Gasteiger partial charge < -0.3 is 11.1 Å². The highest BCUT2D eigenvalue weighted by molar-refractivity contribution is 6.30. The van der Waals surface area contributed by atoms with Gasteiger partial charge in [-0.25, -0.2) is 4.39 Å². The first-order valence-electron chi connectivity index (χ1n) is 6.18. The zero-order valence-electron chi connectivity index (χ0n) is 11.5. The predicted molar refractivity (Wildman–Crippen MR) is 76.7 cm³/mol. The lowest BCUT2D eigenvalue weighted by Gasteiger charge is -2.22. The summed E-state index contributed by atoms with van der Waals surface area (Å²) in [6.45, 7) is 6.18. The van der Waals surface area contributed by atoms with Crippen LogP contribution < -0.4 is 11.1 Å². The van der Waals surface area contributed by atoms with Crippen LogP contribution in [-0.2, 0) is 4.79 Å². The molecule has 0 radical (unpaired) electrons. The van der Waals surface area contributed by atoms with E-state index in [0.717, 1.165) is 12.5 Å². The van der Waals surface area contributed by atoms with Crippen LogP contribution >= 0.6 is 11.6 Å². The Morgan fingerprint density at radius 2 is 2.11 bits per heavy atom. The van der Waals surface area contributed by atoms with Gasteiger partial charge in [0.1, 0.15) is 5.82 Å². The second-order valence-electron chi connectivity index (χ2n) is 5.90. The third kappa shape index (κ3) is 6.03. The van der Waals surface area contributed by atoms with Gasteiger partial charge in [0.25, 0.3) is 0 Å². The highest BCUT2D eigenvalue weighted by atomic mass is 35.5. The molecule has 0 heterocycles. The van der Waals surface area contributed by atoms with Crippen molar-refractivity contribution in [3.8, 4) is 0 Å². The first-order chi connectivity index (χ1) is 8.67. The van der Waals surface area contributed by atoms with Crippen LogP contribution in [0.1, 0.15) is 33.6 Å². The lowest BCUT2D eigenvalue weighted by atomic mass is 9.87. The number of carbonyl (C=O) groups excluding carboxylic acids is 1. The largest absolute Gasteiger partial charge is 0.327 e. The molecule has 0 aliphatic heterocycles. The van der Waals surface area contributed by atoms with Crippen molar-refractivity contribution in [2.45, 2.75) is 39.7 Å². The van der Waals surface area contributed by atoms with Crippen molar-refractivity contribution < 1.29 is 9.18 Å². The van der Waals surface area contributed by atoms with E-state index in [4.69, 9.17) is 17.3 Å². The normalized spacial score (nSPS) is 13.2. The fourth-order valence-corrected chi connectivity index (χ4v) is 2.05. The van der Waals surface area contributed by atoms with E-state index in [0.29, 0.717) is 5.02 Å². The summed E-state index contributed by atoms with van der Waals surface area (Å²) >= 11 is 5.64. The molecule has 0 spiro atoms. The van der Waals surface area contributed by atoms with Crippen LogP contribution in [0.5, 0.6) is 0 Å². The number of anilines is 1. The number of rotatable bonds is 4. The van der Waals surface area contributed by atoms with E-state index < -0.39 is 5.82 Å². The maximum absolute atomic E-state index is 13.5. The van der Waals surface area contributed by atoms with Crippen LogP contribution in [0, 0.1) is 11.2 Å². The Balaban J connectivity index is 2.56. The van der Waals surface area contributed by atoms with Crippen molar-refractivity contribution >= 4 is 23.2 Å². The molecule has 3 nitrogen and oxygen atoms in total. The highest BCUT2D eigenvalue weighted by Crippen LogP contribution is 2.22. The molecule has 0 fully saturated rings. The minimum atomic E-state index is -0.551. The van der Waals surface area contributed by atoms with Gasteiger partial charge in [0.15, 0.2) is 0 Å². The van der Waals surface area contributed by atoms with Crippen molar-refractivity contribution in [3.05, 3.63) is 29.0 Å². The summed E-state index contributed by atoms with van der Waals surface area (Å²) in [5, 5.41) is 2.79. The minimum Gasteiger partial charge on any atom is -0.327 e. The van der Waals surface area contributed by atoms with Crippen molar-refractivity contribution in [1.82, 2.24) is 0 Å². The molecule has 0 aliphatic carbocycles. The number of benzene rings is 1. The lowest BCUT2D eigenvalue weighted by Crippen LogP contribution is -2.31. The Labute approximate surface area is 118 Å². The first-order valence-corrected chi connectivity index (χ1v) is 6.56. The number of nitrogens with one attached hydrogen (secondary N) is 1. The second-order valence-corrected chi connectivity index (χ2v) is 6.34. The summed E-state index contributed by atoms with van der Waals surface area (Å²) in [7, 11) is 0. The molecule has 1 aromatic carbocycles. The van der Waals surface area contributed by atoms with E-state index in [1.165, 1.54) is 12.1 Å². The molecule has 0 aromatic heterocycles. The number of hydrogen-bond acceptors (Lipinski definition) is 2. The molecule has 1 amide bonds. The number of carbonyl (C=O) groups is 1. The van der Waals surface area contributed by atoms with Crippen LogP contribution in [0.2, 0.25) is 5.02 Å². The molecular weight excluding hydrogens is 267 g/mol. The maximum atomic E-state index is 13.5. The van der Waals surface area contributed by atoms with Gasteiger partial charge >= 0.3 is 0 Å². The number of nitrogens with two attached hydrogens (primary N) is 1. The Kier molecular flexibility index (Phi) is 5.32. The van der Waals surface area contributed by atoms with Gasteiger partial charge in [0.2, 0.25) is 5.91 Å². The molecule has 1 rings (SSSR count). The van der Waals surface area contributed by atoms with Gasteiger partial charge in [0, 0.05) is 17.5 Å². The lowest BCUT2D eigenvalue weighted by molar-refractivity contribution is -0.116. The van der Waals surface area contributed by atoms with Gasteiger partial charge in [-0.15, -0.1) is 0 Å². The molecule has 19 heavy (non-hydrogen) atoms. The number of hydrogen-bond donors (Lipinski definition) is 2. The Bertz CT molecular complexity index is 457. The Morgan fingerprint density at radius 1 is 1.47 bits per heavy atom. The number of amides is 1. The van der Waals surface area contributed by atoms with Gasteiger partial charge in [-0.3, -0.25) is 4.79 Å². The summed E-state index contributed by atoms with van der Waals surface area (Å²) < 4.78 is 13.5. The van der Waals surface area contributed by atoms with Crippen LogP contribution in [-0.4, -0.2) is 11.9 Å². The number of halogens is 2. The molecule has 0 saturated carbocycles. The minimum absolute atomic E-state index is 0.0607. The molecule has 5 heteroatoms. The molecule has 3 N–H and O–H groups in total. The van der Waals surface area contributed by atoms with E-state index in [1.807, 2.05) is 0 Å². The molecule has 0 aliphatic rings. The van der Waals surface area contributed by atoms with Gasteiger partial charge in [-0.2, -0.15) is 0 Å². The quantitative estimate of drug-likeness (QED) is 0.889. The van der Waals surface area contributed by atoms with Crippen LogP contribution in [0.15, 0.2) is 18.2 Å². The zero-order chi connectivity index (χ0) is 14.6. The molecule has 0 saturated heterocycles. The Hall–Kier alpha value is -1.13. The van der Waals surface area contributed by atoms with Crippen molar-refractivity contribution in [2.75, 3.05) is 5.32 Å². The topological polar surface area (TPSA) is 55.1 Å². The average molecular weight is 287 g/mol. The summed E-state index contributed by atoms with van der Waals surface area (Å²) in [6, 6.07) is 3.88.